The van der Waals surface area contributed by atoms with Gasteiger partial charge in [0, 0.05) is 50.9 Å². The van der Waals surface area contributed by atoms with Crippen LogP contribution in [-0.2, 0) is 11.2 Å². The molecule has 3 aliphatic rings. The van der Waals surface area contributed by atoms with Gasteiger partial charge in [0.15, 0.2) is 0 Å². The standard InChI is InChI=1S/C22H30FN5O2/c23-20-13-19(28-7-5-27(6-8-28)9-10-29)4-2-15(20)11-18(14-24)26-22(30)21-16-1-3-17(12-16)25-21/h2,4,13,16-18,21,25,29H,1,3,5-12H2,(H,26,30)/t16-,17+,18-,21-/m0/s1. The van der Waals surface area contributed by atoms with Gasteiger partial charge >= 0.3 is 0 Å². The first kappa shape index (κ1) is 21.0. The number of nitrogens with one attached hydrogen (secondary N) is 2. The van der Waals surface area contributed by atoms with Crippen molar-refractivity contribution in [2.45, 2.75) is 43.8 Å². The molecule has 0 aromatic heterocycles. The van der Waals surface area contributed by atoms with Crippen LogP contribution in [0.15, 0.2) is 18.2 Å². The van der Waals surface area contributed by atoms with Gasteiger partial charge in [0.1, 0.15) is 11.9 Å². The van der Waals surface area contributed by atoms with Crippen LogP contribution in [-0.4, -0.2) is 73.4 Å². The molecule has 0 radical (unpaired) electrons. The van der Waals surface area contributed by atoms with Gasteiger partial charge in [-0.1, -0.05) is 6.07 Å². The minimum absolute atomic E-state index is 0.147. The Hall–Kier alpha value is -2.21. The highest BCUT2D eigenvalue weighted by Crippen LogP contribution is 2.35. The minimum atomic E-state index is -0.749. The van der Waals surface area contributed by atoms with Crippen LogP contribution in [0.4, 0.5) is 10.1 Å². The number of nitriles is 1. The summed E-state index contributed by atoms with van der Waals surface area (Å²) in [5.74, 6) is -0.146. The van der Waals surface area contributed by atoms with Crippen LogP contribution in [0.3, 0.4) is 0 Å². The molecule has 0 spiro atoms. The number of amides is 1. The lowest BCUT2D eigenvalue weighted by Gasteiger charge is -2.35. The number of piperidine rings is 1. The van der Waals surface area contributed by atoms with Crippen LogP contribution < -0.4 is 15.5 Å². The number of aliphatic hydroxyl groups is 1. The highest BCUT2D eigenvalue weighted by Gasteiger charge is 2.43. The average molecular weight is 416 g/mol. The molecule has 3 fully saturated rings. The van der Waals surface area contributed by atoms with Crippen LogP contribution in [0, 0.1) is 23.1 Å². The van der Waals surface area contributed by atoms with Crippen LogP contribution in [0.1, 0.15) is 24.8 Å². The van der Waals surface area contributed by atoms with Crippen LogP contribution in [0.5, 0.6) is 0 Å². The molecule has 162 valence electrons. The molecule has 2 aliphatic heterocycles. The van der Waals surface area contributed by atoms with E-state index in [2.05, 4.69) is 26.5 Å². The first-order chi connectivity index (χ1) is 14.6. The number of carbonyl (C=O) groups excluding carboxylic acids is 1. The predicted octanol–water partition coefficient (Wildman–Crippen LogP) is 0.631. The second-order valence-corrected chi connectivity index (χ2v) is 8.64. The Kier molecular flexibility index (Phi) is 6.52. The van der Waals surface area contributed by atoms with Gasteiger partial charge in [0.2, 0.25) is 5.91 Å². The summed E-state index contributed by atoms with van der Waals surface area (Å²) in [6, 6.07) is 6.67. The quantitative estimate of drug-likeness (QED) is 0.605. The first-order valence-electron chi connectivity index (χ1n) is 10.9. The van der Waals surface area contributed by atoms with Crippen LogP contribution >= 0.6 is 0 Å². The van der Waals surface area contributed by atoms with E-state index in [1.165, 1.54) is 6.07 Å². The Morgan fingerprint density at radius 1 is 1.33 bits per heavy atom. The number of halogens is 1. The molecule has 1 aliphatic carbocycles. The molecular weight excluding hydrogens is 385 g/mol. The second kappa shape index (κ2) is 9.29. The minimum Gasteiger partial charge on any atom is -0.395 e. The summed E-state index contributed by atoms with van der Waals surface area (Å²) < 4.78 is 14.8. The monoisotopic (exact) mass is 415 g/mol. The molecule has 4 rings (SSSR count). The Labute approximate surface area is 176 Å². The summed E-state index contributed by atoms with van der Waals surface area (Å²) in [6.45, 7) is 4.06. The molecular formula is C22H30FN5O2. The molecule has 7 nitrogen and oxygen atoms in total. The zero-order chi connectivity index (χ0) is 21.1. The van der Waals surface area contributed by atoms with Crippen molar-refractivity contribution in [3.05, 3.63) is 29.6 Å². The van der Waals surface area contributed by atoms with Gasteiger partial charge in [-0.15, -0.1) is 0 Å². The number of hydrogen-bond acceptors (Lipinski definition) is 6. The van der Waals surface area contributed by atoms with Crippen molar-refractivity contribution in [3.8, 4) is 6.07 Å². The summed E-state index contributed by atoms with van der Waals surface area (Å²) in [7, 11) is 0. The SMILES string of the molecule is N#C[C@H](Cc1ccc(N2CCN(CCO)CC2)cc1F)NC(=O)[C@H]1N[C@@H]2CC[C@H]1C2. The summed E-state index contributed by atoms with van der Waals surface area (Å²) in [5.41, 5.74) is 1.26. The zero-order valence-corrected chi connectivity index (χ0v) is 17.2. The maximum atomic E-state index is 14.8. The Bertz CT molecular complexity index is 805. The lowest BCUT2D eigenvalue weighted by atomic mass is 9.98. The van der Waals surface area contributed by atoms with E-state index < -0.39 is 6.04 Å². The molecule has 2 bridgehead atoms. The Morgan fingerprint density at radius 2 is 2.13 bits per heavy atom. The molecule has 1 aromatic rings. The molecule has 30 heavy (non-hydrogen) atoms. The Balaban J connectivity index is 1.33. The molecule has 8 heteroatoms. The summed E-state index contributed by atoms with van der Waals surface area (Å²) >= 11 is 0. The molecule has 2 heterocycles. The van der Waals surface area contributed by atoms with Gasteiger partial charge in [-0.05, 0) is 42.9 Å². The van der Waals surface area contributed by atoms with E-state index in [9.17, 15) is 14.4 Å². The molecule has 1 aromatic carbocycles. The van der Waals surface area contributed by atoms with E-state index >= 15 is 0 Å². The molecule has 4 atom stereocenters. The second-order valence-electron chi connectivity index (χ2n) is 8.64. The molecule has 1 saturated carbocycles. The van der Waals surface area contributed by atoms with Crippen molar-refractivity contribution in [2.75, 3.05) is 44.2 Å². The highest BCUT2D eigenvalue weighted by atomic mass is 19.1. The zero-order valence-electron chi connectivity index (χ0n) is 17.2. The largest absolute Gasteiger partial charge is 0.395 e. The average Bonchev–Trinajstić information content (AvgIpc) is 3.39. The van der Waals surface area contributed by atoms with Gasteiger partial charge in [-0.3, -0.25) is 9.69 Å². The molecule has 2 saturated heterocycles. The fourth-order valence-corrected chi connectivity index (χ4v) is 5.03. The third-order valence-electron chi connectivity index (χ3n) is 6.73. The highest BCUT2D eigenvalue weighted by molar-refractivity contribution is 5.83. The lowest BCUT2D eigenvalue weighted by Crippen LogP contribution is -2.50. The Morgan fingerprint density at radius 3 is 2.73 bits per heavy atom. The lowest BCUT2D eigenvalue weighted by molar-refractivity contribution is -0.124. The topological polar surface area (TPSA) is 91.6 Å². The molecule has 0 unspecified atom stereocenters. The fourth-order valence-electron chi connectivity index (χ4n) is 5.03. The van der Waals surface area contributed by atoms with Crippen molar-refractivity contribution >= 4 is 11.6 Å². The van der Waals surface area contributed by atoms with Crippen molar-refractivity contribution in [1.82, 2.24) is 15.5 Å². The van der Waals surface area contributed by atoms with Crippen LogP contribution in [0.25, 0.3) is 0 Å². The smallest absolute Gasteiger partial charge is 0.238 e. The number of benzene rings is 1. The maximum absolute atomic E-state index is 14.8. The van der Waals surface area contributed by atoms with E-state index in [1.54, 1.807) is 6.07 Å². The number of β-amino-alcohol motifs (C(OH)–C–C–N with tert-alkyl or cyclic N) is 1. The fraction of sp³-hybridized carbons (Fsp3) is 0.636. The van der Waals surface area contributed by atoms with Gasteiger partial charge < -0.3 is 20.6 Å². The van der Waals surface area contributed by atoms with Crippen LogP contribution in [0.2, 0.25) is 0 Å². The number of aliphatic hydroxyl groups excluding tert-OH is 1. The van der Waals surface area contributed by atoms with E-state index in [-0.39, 0.29) is 30.8 Å². The third-order valence-corrected chi connectivity index (χ3v) is 6.73. The van der Waals surface area contributed by atoms with Crippen molar-refractivity contribution in [1.29, 1.82) is 5.26 Å². The summed E-state index contributed by atoms with van der Waals surface area (Å²) in [5, 5.41) is 24.7. The van der Waals surface area contributed by atoms with Crippen molar-refractivity contribution in [3.63, 3.8) is 0 Å². The van der Waals surface area contributed by atoms with Crippen molar-refractivity contribution < 1.29 is 14.3 Å². The van der Waals surface area contributed by atoms with Gasteiger partial charge in [0.25, 0.3) is 0 Å². The normalized spacial score (nSPS) is 27.1. The van der Waals surface area contributed by atoms with Crippen molar-refractivity contribution in [2.24, 2.45) is 5.92 Å². The molecule has 3 N–H and O–H groups in total. The number of anilines is 1. The molecule has 1 amide bonds. The van der Waals surface area contributed by atoms with Gasteiger partial charge in [-0.25, -0.2) is 4.39 Å². The van der Waals surface area contributed by atoms with Gasteiger partial charge in [0.05, 0.1) is 18.7 Å². The van der Waals surface area contributed by atoms with E-state index in [0.29, 0.717) is 24.1 Å². The summed E-state index contributed by atoms with van der Waals surface area (Å²) in [6.07, 6.45) is 3.35. The number of carbonyl (C=O) groups is 1. The first-order valence-corrected chi connectivity index (χ1v) is 10.9. The van der Waals surface area contributed by atoms with E-state index in [1.807, 2.05) is 6.07 Å². The number of piperazine rings is 1. The van der Waals surface area contributed by atoms with E-state index in [4.69, 9.17) is 5.11 Å². The predicted molar refractivity (Wildman–Crippen MR) is 111 cm³/mol. The summed E-state index contributed by atoms with van der Waals surface area (Å²) in [4.78, 5) is 16.9. The number of hydrogen-bond donors (Lipinski definition) is 3. The maximum Gasteiger partial charge on any atom is 0.238 e. The number of rotatable bonds is 7. The van der Waals surface area contributed by atoms with E-state index in [0.717, 1.165) is 51.1 Å². The third kappa shape index (κ3) is 4.59. The number of nitrogens with zero attached hydrogens (tertiary/aromatic N) is 3. The van der Waals surface area contributed by atoms with Gasteiger partial charge in [-0.2, -0.15) is 5.26 Å². The number of fused-ring (bicyclic) bond motifs is 2.